The molecule has 5 atom stereocenters. The Morgan fingerprint density at radius 3 is 1.49 bits per heavy atom. The second-order valence-electron chi connectivity index (χ2n) is 9.92. The van der Waals surface area contributed by atoms with Crippen molar-refractivity contribution in [1.29, 1.82) is 0 Å². The first-order valence-corrected chi connectivity index (χ1v) is 14.4. The van der Waals surface area contributed by atoms with E-state index >= 15 is 0 Å². The van der Waals surface area contributed by atoms with Crippen molar-refractivity contribution in [2.45, 2.75) is 68.4 Å². The van der Waals surface area contributed by atoms with Crippen molar-refractivity contribution in [3.8, 4) is 0 Å². The summed E-state index contributed by atoms with van der Waals surface area (Å²) >= 11 is 1.68. The van der Waals surface area contributed by atoms with Gasteiger partial charge in [0.15, 0.2) is 0 Å². The lowest BCUT2D eigenvalue weighted by atomic mass is 9.99. The molecule has 1 aliphatic heterocycles. The highest BCUT2D eigenvalue weighted by molar-refractivity contribution is 7.99. The summed E-state index contributed by atoms with van der Waals surface area (Å²) in [6.45, 7) is 5.58. The van der Waals surface area contributed by atoms with Gasteiger partial charge in [0.1, 0.15) is 23.7 Å². The molecule has 0 spiro atoms. The molecule has 0 N–H and O–H groups in total. The van der Waals surface area contributed by atoms with Crippen LogP contribution in [0.3, 0.4) is 0 Å². The molecular formula is C34H36O4S. The average Bonchev–Trinajstić information content (AvgIpc) is 2.98. The molecule has 1 fully saturated rings. The molecule has 5 heteroatoms. The number of rotatable bonds is 11. The zero-order chi connectivity index (χ0) is 26.9. The van der Waals surface area contributed by atoms with Gasteiger partial charge in [0.05, 0.1) is 25.9 Å². The van der Waals surface area contributed by atoms with E-state index in [1.54, 1.807) is 11.8 Å². The topological polar surface area (TPSA) is 36.9 Å². The Bertz CT molecular complexity index is 1250. The third kappa shape index (κ3) is 7.81. The van der Waals surface area contributed by atoms with Crippen LogP contribution in [-0.4, -0.2) is 29.9 Å². The molecule has 39 heavy (non-hydrogen) atoms. The van der Waals surface area contributed by atoms with E-state index in [4.69, 9.17) is 18.9 Å². The van der Waals surface area contributed by atoms with Gasteiger partial charge < -0.3 is 18.9 Å². The van der Waals surface area contributed by atoms with Crippen LogP contribution < -0.4 is 0 Å². The predicted octanol–water partition coefficient (Wildman–Crippen LogP) is 7.59. The van der Waals surface area contributed by atoms with Crippen LogP contribution in [0, 0.1) is 6.92 Å². The van der Waals surface area contributed by atoms with Crippen LogP contribution in [0.25, 0.3) is 0 Å². The summed E-state index contributed by atoms with van der Waals surface area (Å²) in [6, 6.07) is 39.3. The molecule has 0 bridgehead atoms. The van der Waals surface area contributed by atoms with Crippen LogP contribution >= 0.6 is 11.8 Å². The Morgan fingerprint density at radius 2 is 1.00 bits per heavy atom. The van der Waals surface area contributed by atoms with Gasteiger partial charge in [-0.2, -0.15) is 0 Å². The summed E-state index contributed by atoms with van der Waals surface area (Å²) in [6.07, 6.45) is -1.17. The lowest BCUT2D eigenvalue weighted by Crippen LogP contribution is -2.58. The number of thioether (sulfide) groups is 1. The maximum Gasteiger partial charge on any atom is 0.136 e. The number of hydrogen-bond donors (Lipinski definition) is 0. The number of aryl methyl sites for hydroxylation is 1. The Hall–Kier alpha value is -2.93. The van der Waals surface area contributed by atoms with Crippen LogP contribution in [0.2, 0.25) is 0 Å². The number of ether oxygens (including phenoxy) is 4. The second-order valence-corrected chi connectivity index (χ2v) is 11.1. The van der Waals surface area contributed by atoms with Crippen LogP contribution in [0.5, 0.6) is 0 Å². The first kappa shape index (κ1) is 27.6. The minimum atomic E-state index is -0.350. The Balaban J connectivity index is 1.42. The van der Waals surface area contributed by atoms with Crippen LogP contribution in [0.4, 0.5) is 0 Å². The first-order chi connectivity index (χ1) is 19.2. The molecule has 4 aromatic carbocycles. The second kappa shape index (κ2) is 13.9. The largest absolute Gasteiger partial charge is 0.368 e. The molecule has 0 unspecified atom stereocenters. The lowest BCUT2D eigenvalue weighted by Gasteiger charge is -2.45. The lowest BCUT2D eigenvalue weighted by molar-refractivity contribution is -0.242. The van der Waals surface area contributed by atoms with Gasteiger partial charge in [-0.25, -0.2) is 0 Å². The van der Waals surface area contributed by atoms with Crippen molar-refractivity contribution in [1.82, 2.24) is 0 Å². The van der Waals surface area contributed by atoms with Crippen molar-refractivity contribution in [2.75, 3.05) is 0 Å². The van der Waals surface area contributed by atoms with Gasteiger partial charge in [-0.05, 0) is 42.7 Å². The molecule has 0 radical (unpaired) electrons. The maximum atomic E-state index is 6.69. The molecule has 4 nitrogen and oxygen atoms in total. The standard InChI is InChI=1S/C34H36O4S/c1-25-18-20-30(21-19-25)39-34-33(37-24-29-16-10-5-11-17-29)32(36-23-28-14-8-4-9-15-28)31(26(2)38-34)35-22-27-12-6-3-7-13-27/h3-21,26,31-34H,22-24H2,1-2H3/t26-,31-,32+,33-,34+/m0/s1. The molecule has 1 heterocycles. The van der Waals surface area contributed by atoms with Crippen LogP contribution in [0.15, 0.2) is 120 Å². The molecule has 0 aliphatic carbocycles. The van der Waals surface area contributed by atoms with E-state index in [0.29, 0.717) is 19.8 Å². The van der Waals surface area contributed by atoms with Gasteiger partial charge in [-0.3, -0.25) is 0 Å². The Labute approximate surface area is 236 Å². The molecule has 4 aromatic rings. The van der Waals surface area contributed by atoms with Crippen molar-refractivity contribution in [2.24, 2.45) is 0 Å². The van der Waals surface area contributed by atoms with E-state index < -0.39 is 0 Å². The van der Waals surface area contributed by atoms with Crippen LogP contribution in [-0.2, 0) is 38.8 Å². The molecule has 202 valence electrons. The molecule has 0 saturated carbocycles. The maximum absolute atomic E-state index is 6.69. The fourth-order valence-electron chi connectivity index (χ4n) is 4.71. The number of benzene rings is 4. The zero-order valence-electron chi connectivity index (χ0n) is 22.5. The summed E-state index contributed by atoms with van der Waals surface area (Å²) in [5, 5.41) is 0. The van der Waals surface area contributed by atoms with Crippen molar-refractivity contribution >= 4 is 11.8 Å². The normalized spacial score (nSPS) is 23.0. The van der Waals surface area contributed by atoms with E-state index in [0.717, 1.165) is 21.6 Å². The molecular weight excluding hydrogens is 504 g/mol. The van der Waals surface area contributed by atoms with E-state index in [1.165, 1.54) is 5.56 Å². The fraction of sp³-hybridized carbons (Fsp3) is 0.294. The van der Waals surface area contributed by atoms with E-state index in [1.807, 2.05) is 54.6 Å². The van der Waals surface area contributed by atoms with E-state index in [9.17, 15) is 0 Å². The summed E-state index contributed by atoms with van der Waals surface area (Å²) in [7, 11) is 0. The van der Waals surface area contributed by atoms with Gasteiger partial charge in [0.25, 0.3) is 0 Å². The van der Waals surface area contributed by atoms with Gasteiger partial charge in [0, 0.05) is 4.90 Å². The first-order valence-electron chi connectivity index (χ1n) is 13.5. The van der Waals surface area contributed by atoms with Gasteiger partial charge >= 0.3 is 0 Å². The predicted molar refractivity (Wildman–Crippen MR) is 156 cm³/mol. The quantitative estimate of drug-likeness (QED) is 0.196. The fourth-order valence-corrected chi connectivity index (χ4v) is 5.87. The smallest absolute Gasteiger partial charge is 0.136 e. The zero-order valence-corrected chi connectivity index (χ0v) is 23.3. The van der Waals surface area contributed by atoms with Gasteiger partial charge in [-0.1, -0.05) is 120 Å². The number of hydrogen-bond acceptors (Lipinski definition) is 5. The molecule has 5 rings (SSSR count). The van der Waals surface area contributed by atoms with Crippen molar-refractivity contribution < 1.29 is 18.9 Å². The highest BCUT2D eigenvalue weighted by Gasteiger charge is 2.47. The average molecular weight is 541 g/mol. The van der Waals surface area contributed by atoms with Crippen LogP contribution in [0.1, 0.15) is 29.2 Å². The molecule has 1 aliphatic rings. The summed E-state index contributed by atoms with van der Waals surface area (Å²) in [5.41, 5.74) is 4.31. The van der Waals surface area contributed by atoms with Crippen molar-refractivity contribution in [3.05, 3.63) is 138 Å². The molecule has 0 aromatic heterocycles. The highest BCUT2D eigenvalue weighted by atomic mass is 32.2. The third-order valence-corrected chi connectivity index (χ3v) is 8.01. The Kier molecular flexibility index (Phi) is 9.86. The minimum absolute atomic E-state index is 0.186. The summed E-state index contributed by atoms with van der Waals surface area (Å²) in [5.74, 6) is 0. The SMILES string of the molecule is Cc1ccc(S[C@H]2O[C@@H](C)[C@H](OCc3ccccc3)[C@@H](OCc3ccccc3)[C@@H]2OCc2ccccc2)cc1. The summed E-state index contributed by atoms with van der Waals surface area (Å²) in [4.78, 5) is 1.14. The third-order valence-electron chi connectivity index (χ3n) is 6.86. The molecule has 0 amide bonds. The van der Waals surface area contributed by atoms with Gasteiger partial charge in [-0.15, -0.1) is 0 Å². The highest BCUT2D eigenvalue weighted by Crippen LogP contribution is 2.38. The molecule has 1 saturated heterocycles. The Morgan fingerprint density at radius 1 is 0.564 bits per heavy atom. The monoisotopic (exact) mass is 540 g/mol. The van der Waals surface area contributed by atoms with E-state index in [-0.39, 0.29) is 29.9 Å². The van der Waals surface area contributed by atoms with E-state index in [2.05, 4.69) is 74.5 Å². The van der Waals surface area contributed by atoms with Gasteiger partial charge in [0.2, 0.25) is 0 Å². The summed E-state index contributed by atoms with van der Waals surface area (Å²) < 4.78 is 26.5. The van der Waals surface area contributed by atoms with Crippen molar-refractivity contribution in [3.63, 3.8) is 0 Å². The minimum Gasteiger partial charge on any atom is -0.368 e.